The Morgan fingerprint density at radius 3 is 2.31 bits per heavy atom. The number of amides is 3. The van der Waals surface area contributed by atoms with E-state index in [1.54, 1.807) is 12.1 Å². The molecule has 0 aromatic heterocycles. The molecule has 8 heteroatoms. The summed E-state index contributed by atoms with van der Waals surface area (Å²) in [7, 11) is 0. The van der Waals surface area contributed by atoms with E-state index in [2.05, 4.69) is 10.6 Å². The fourth-order valence-corrected chi connectivity index (χ4v) is 3.65. The molecule has 1 atom stereocenters. The molecule has 1 fully saturated rings. The zero-order chi connectivity index (χ0) is 18.5. The topological polar surface area (TPSA) is 61.4 Å². The minimum absolute atomic E-state index is 0.258. The quantitative estimate of drug-likeness (QED) is 0.860. The molecule has 0 spiro atoms. The lowest BCUT2D eigenvalue weighted by Gasteiger charge is -2.23. The van der Waals surface area contributed by atoms with Gasteiger partial charge in [0.05, 0.1) is 5.88 Å². The van der Waals surface area contributed by atoms with E-state index in [-0.39, 0.29) is 18.3 Å². The van der Waals surface area contributed by atoms with E-state index in [1.165, 1.54) is 53.1 Å². The van der Waals surface area contributed by atoms with Gasteiger partial charge in [0.15, 0.2) is 0 Å². The van der Waals surface area contributed by atoms with Crippen LogP contribution in [0.5, 0.6) is 0 Å². The fraction of sp³-hybridized carbons (Fsp3) is 0.222. The van der Waals surface area contributed by atoms with Gasteiger partial charge in [-0.15, -0.1) is 11.8 Å². The molecule has 1 aliphatic rings. The summed E-state index contributed by atoms with van der Waals surface area (Å²) < 4.78 is 25.8. The molecule has 3 rings (SSSR count). The third kappa shape index (κ3) is 4.51. The number of halogens is 2. The van der Waals surface area contributed by atoms with Gasteiger partial charge in [-0.25, -0.2) is 13.6 Å². The van der Waals surface area contributed by atoms with Crippen LogP contribution in [-0.4, -0.2) is 34.5 Å². The van der Waals surface area contributed by atoms with Crippen LogP contribution in [0.2, 0.25) is 0 Å². The molecule has 0 radical (unpaired) electrons. The van der Waals surface area contributed by atoms with Gasteiger partial charge >= 0.3 is 6.03 Å². The molecule has 0 aliphatic carbocycles. The molecule has 2 aromatic carbocycles. The number of hydrogen-bond donors (Lipinski definition) is 2. The summed E-state index contributed by atoms with van der Waals surface area (Å²) in [5, 5.41) is 5.43. The number of carbonyl (C=O) groups is 2. The second-order valence-electron chi connectivity index (χ2n) is 5.77. The molecule has 5 nitrogen and oxygen atoms in total. The number of thioether (sulfide) groups is 1. The van der Waals surface area contributed by atoms with Crippen molar-refractivity contribution in [1.29, 1.82) is 0 Å². The van der Waals surface area contributed by atoms with Gasteiger partial charge in [-0.1, -0.05) is 12.1 Å². The average molecular weight is 377 g/mol. The third-order valence-electron chi connectivity index (χ3n) is 3.92. The lowest BCUT2D eigenvalue weighted by atomic mass is 10.2. The Hall–Kier alpha value is -2.61. The summed E-state index contributed by atoms with van der Waals surface area (Å²) in [4.78, 5) is 26.3. The summed E-state index contributed by atoms with van der Waals surface area (Å²) in [5.41, 5.74) is 1.23. The Balaban J connectivity index is 1.57. The number of urea groups is 1. The first-order valence-corrected chi connectivity index (χ1v) is 9.11. The van der Waals surface area contributed by atoms with Gasteiger partial charge in [0, 0.05) is 18.0 Å². The predicted molar refractivity (Wildman–Crippen MR) is 96.6 cm³/mol. The molecule has 3 amide bonds. The first-order chi connectivity index (χ1) is 12.5. The SMILES string of the molecule is O=C(NCc1ccc(F)cc1)[C@H]1CSCN1C(=O)Nc1ccc(F)cc1. The molecule has 136 valence electrons. The van der Waals surface area contributed by atoms with Gasteiger partial charge in [-0.2, -0.15) is 0 Å². The van der Waals surface area contributed by atoms with Crippen molar-refractivity contribution in [3.05, 3.63) is 65.7 Å². The molecule has 1 aliphatic heterocycles. The number of nitrogens with zero attached hydrogens (tertiary/aromatic N) is 1. The van der Waals surface area contributed by atoms with E-state index in [1.807, 2.05) is 0 Å². The van der Waals surface area contributed by atoms with Crippen molar-refractivity contribution in [2.75, 3.05) is 16.9 Å². The van der Waals surface area contributed by atoms with Crippen LogP contribution in [0.15, 0.2) is 48.5 Å². The van der Waals surface area contributed by atoms with Crippen LogP contribution >= 0.6 is 11.8 Å². The maximum absolute atomic E-state index is 12.9. The molecule has 0 unspecified atom stereocenters. The van der Waals surface area contributed by atoms with Crippen molar-refractivity contribution >= 4 is 29.4 Å². The number of nitrogens with one attached hydrogen (secondary N) is 2. The molecular formula is C18H17F2N3O2S. The molecule has 1 saturated heterocycles. The van der Waals surface area contributed by atoms with E-state index in [4.69, 9.17) is 0 Å². The van der Waals surface area contributed by atoms with Gasteiger partial charge < -0.3 is 15.5 Å². The Labute approximate surface area is 153 Å². The Kier molecular flexibility index (Phi) is 5.72. The van der Waals surface area contributed by atoms with Gasteiger partial charge in [0.25, 0.3) is 0 Å². The summed E-state index contributed by atoms with van der Waals surface area (Å²) in [6, 6.07) is 10.3. The van der Waals surface area contributed by atoms with Crippen LogP contribution in [-0.2, 0) is 11.3 Å². The van der Waals surface area contributed by atoms with Crippen LogP contribution in [0.3, 0.4) is 0 Å². The molecule has 0 saturated carbocycles. The molecule has 1 heterocycles. The zero-order valence-corrected chi connectivity index (χ0v) is 14.6. The van der Waals surface area contributed by atoms with Gasteiger partial charge in [0.1, 0.15) is 17.7 Å². The number of benzene rings is 2. The van der Waals surface area contributed by atoms with E-state index < -0.39 is 17.9 Å². The molecule has 2 N–H and O–H groups in total. The van der Waals surface area contributed by atoms with Crippen molar-refractivity contribution in [3.63, 3.8) is 0 Å². The second kappa shape index (κ2) is 8.18. The number of carbonyl (C=O) groups excluding carboxylic acids is 2. The van der Waals surface area contributed by atoms with E-state index in [9.17, 15) is 18.4 Å². The molecular weight excluding hydrogens is 360 g/mol. The molecule has 2 aromatic rings. The summed E-state index contributed by atoms with van der Waals surface area (Å²) in [6.07, 6.45) is 0. The lowest BCUT2D eigenvalue weighted by Crippen LogP contribution is -2.48. The highest BCUT2D eigenvalue weighted by Gasteiger charge is 2.34. The highest BCUT2D eigenvalue weighted by molar-refractivity contribution is 7.99. The lowest BCUT2D eigenvalue weighted by molar-refractivity contribution is -0.124. The minimum atomic E-state index is -0.596. The summed E-state index contributed by atoms with van der Waals surface area (Å²) >= 11 is 1.48. The van der Waals surface area contributed by atoms with Crippen LogP contribution in [0.1, 0.15) is 5.56 Å². The zero-order valence-electron chi connectivity index (χ0n) is 13.7. The monoisotopic (exact) mass is 377 g/mol. The van der Waals surface area contributed by atoms with Crippen molar-refractivity contribution in [2.45, 2.75) is 12.6 Å². The average Bonchev–Trinajstić information content (AvgIpc) is 3.13. The minimum Gasteiger partial charge on any atom is -0.350 e. The number of anilines is 1. The van der Waals surface area contributed by atoms with Gasteiger partial charge in [-0.3, -0.25) is 4.79 Å². The van der Waals surface area contributed by atoms with Gasteiger partial charge in [-0.05, 0) is 42.0 Å². The summed E-state index contributed by atoms with van der Waals surface area (Å²) in [5.74, 6) is -0.115. The Bertz CT molecular complexity index is 784. The smallest absolute Gasteiger partial charge is 0.323 e. The van der Waals surface area contributed by atoms with Crippen molar-refractivity contribution in [2.24, 2.45) is 0 Å². The maximum atomic E-state index is 12.9. The normalized spacial score (nSPS) is 16.4. The highest BCUT2D eigenvalue weighted by atomic mass is 32.2. The van der Waals surface area contributed by atoms with Crippen LogP contribution in [0.25, 0.3) is 0 Å². The first-order valence-electron chi connectivity index (χ1n) is 7.96. The predicted octanol–water partition coefficient (Wildman–Crippen LogP) is 3.19. The van der Waals surface area contributed by atoms with Crippen molar-refractivity contribution in [3.8, 4) is 0 Å². The van der Waals surface area contributed by atoms with Crippen molar-refractivity contribution < 1.29 is 18.4 Å². The van der Waals surface area contributed by atoms with Gasteiger partial charge in [0.2, 0.25) is 5.91 Å². The van der Waals surface area contributed by atoms with E-state index in [0.29, 0.717) is 17.3 Å². The van der Waals surface area contributed by atoms with Crippen LogP contribution < -0.4 is 10.6 Å². The highest BCUT2D eigenvalue weighted by Crippen LogP contribution is 2.22. The fourth-order valence-electron chi connectivity index (χ4n) is 2.50. The summed E-state index contributed by atoms with van der Waals surface area (Å²) in [6.45, 7) is 0.258. The Morgan fingerprint density at radius 1 is 1.04 bits per heavy atom. The van der Waals surface area contributed by atoms with Crippen LogP contribution in [0, 0.1) is 11.6 Å². The molecule has 0 bridgehead atoms. The van der Waals surface area contributed by atoms with Crippen molar-refractivity contribution in [1.82, 2.24) is 10.2 Å². The maximum Gasteiger partial charge on any atom is 0.323 e. The largest absolute Gasteiger partial charge is 0.350 e. The third-order valence-corrected chi connectivity index (χ3v) is 4.93. The first kappa shape index (κ1) is 18.2. The Morgan fingerprint density at radius 2 is 1.65 bits per heavy atom. The number of hydrogen-bond acceptors (Lipinski definition) is 3. The van der Waals surface area contributed by atoms with Crippen LogP contribution in [0.4, 0.5) is 19.3 Å². The van der Waals surface area contributed by atoms with E-state index in [0.717, 1.165) is 5.56 Å². The van der Waals surface area contributed by atoms with E-state index >= 15 is 0 Å². The second-order valence-corrected chi connectivity index (χ2v) is 6.77. The number of rotatable bonds is 4. The standard InChI is InChI=1S/C18H17F2N3O2S/c19-13-3-1-12(2-4-13)9-21-17(24)16-10-26-11-23(16)18(25)22-15-7-5-14(20)6-8-15/h1-8,16H,9-11H2,(H,21,24)(H,22,25)/t16-/m1/s1. The molecule has 26 heavy (non-hydrogen) atoms.